The van der Waals surface area contributed by atoms with Crippen LogP contribution in [0.15, 0.2) is 18.2 Å². The van der Waals surface area contributed by atoms with Gasteiger partial charge in [0.15, 0.2) is 5.06 Å². The highest BCUT2D eigenvalue weighted by molar-refractivity contribution is 14.1. The van der Waals surface area contributed by atoms with Gasteiger partial charge in [-0.2, -0.15) is 0 Å². The molecule has 0 radical (unpaired) electrons. The Kier molecular flexibility index (Phi) is 2.73. The molecule has 0 amide bonds. The van der Waals surface area contributed by atoms with Gasteiger partial charge in [0, 0.05) is 25.3 Å². The van der Waals surface area contributed by atoms with Gasteiger partial charge in [-0.3, -0.25) is 4.79 Å². The first-order chi connectivity index (χ1) is 6.74. The van der Waals surface area contributed by atoms with Crippen LogP contribution in [0.2, 0.25) is 0 Å². The number of rotatable bonds is 2. The average Bonchev–Trinajstić information content (AvgIpc) is 2.61. The van der Waals surface area contributed by atoms with Crippen molar-refractivity contribution < 1.29 is 9.53 Å². The molecule has 0 N–H and O–H groups in total. The van der Waals surface area contributed by atoms with Gasteiger partial charge in [0.05, 0.1) is 7.11 Å². The molecule has 14 heavy (non-hydrogen) atoms. The van der Waals surface area contributed by atoms with Crippen molar-refractivity contribution in [1.82, 2.24) is 0 Å². The third kappa shape index (κ3) is 1.64. The number of hydrogen-bond acceptors (Lipinski definition) is 3. The van der Waals surface area contributed by atoms with E-state index < -0.39 is 0 Å². The summed E-state index contributed by atoms with van der Waals surface area (Å²) in [4.78, 5) is 10.6. The minimum atomic E-state index is 0.714. The Balaban J connectivity index is 2.73. The molecule has 0 saturated heterocycles. The molecule has 0 aliphatic heterocycles. The number of benzene rings is 1. The van der Waals surface area contributed by atoms with E-state index in [0.717, 1.165) is 25.0 Å². The summed E-state index contributed by atoms with van der Waals surface area (Å²) >= 11 is 3.78. The van der Waals surface area contributed by atoms with Crippen molar-refractivity contribution >= 4 is 50.3 Å². The maximum atomic E-state index is 10.6. The highest BCUT2D eigenvalue weighted by Crippen LogP contribution is 2.34. The molecule has 2 aromatic rings. The zero-order valence-corrected chi connectivity index (χ0v) is 10.4. The molecule has 0 aliphatic rings. The fraction of sp³-hybridized carbons (Fsp3) is 0.100. The van der Waals surface area contributed by atoms with Crippen molar-refractivity contribution in [2.24, 2.45) is 0 Å². The molecule has 0 bridgehead atoms. The molecule has 0 saturated carbocycles. The first-order valence-electron chi connectivity index (χ1n) is 3.97. The predicted octanol–water partition coefficient (Wildman–Crippen LogP) is 3.33. The topological polar surface area (TPSA) is 26.3 Å². The summed E-state index contributed by atoms with van der Waals surface area (Å²) in [6.07, 6.45) is 0.869. The number of carbonyl (C=O) groups excluding carboxylic acids is 1. The van der Waals surface area contributed by atoms with Crippen LogP contribution in [0.25, 0.3) is 10.1 Å². The lowest BCUT2D eigenvalue weighted by atomic mass is 10.2. The van der Waals surface area contributed by atoms with Crippen LogP contribution in [0.1, 0.15) is 10.4 Å². The van der Waals surface area contributed by atoms with Gasteiger partial charge in [-0.25, -0.2) is 0 Å². The van der Waals surface area contributed by atoms with Crippen LogP contribution in [-0.2, 0) is 0 Å². The quantitative estimate of drug-likeness (QED) is 0.627. The minimum Gasteiger partial charge on any atom is -0.487 e. The van der Waals surface area contributed by atoms with Crippen LogP contribution in [0.5, 0.6) is 5.06 Å². The highest BCUT2D eigenvalue weighted by atomic mass is 127. The Morgan fingerprint density at radius 2 is 2.21 bits per heavy atom. The molecule has 1 heterocycles. The number of fused-ring (bicyclic) bond motifs is 1. The van der Waals surface area contributed by atoms with E-state index in [1.54, 1.807) is 18.4 Å². The SMILES string of the molecule is COc1cc2c(I)cc(C=O)cc2s1. The van der Waals surface area contributed by atoms with Gasteiger partial charge in [0.25, 0.3) is 0 Å². The first kappa shape index (κ1) is 9.92. The van der Waals surface area contributed by atoms with Crippen molar-refractivity contribution in [1.29, 1.82) is 0 Å². The van der Waals surface area contributed by atoms with Crippen LogP contribution in [0, 0.1) is 3.57 Å². The zero-order valence-electron chi connectivity index (χ0n) is 7.41. The van der Waals surface area contributed by atoms with Gasteiger partial charge in [0.2, 0.25) is 0 Å². The summed E-state index contributed by atoms with van der Waals surface area (Å²) in [5.41, 5.74) is 0.714. The summed E-state index contributed by atoms with van der Waals surface area (Å²) in [5, 5.41) is 2.03. The van der Waals surface area contributed by atoms with Gasteiger partial charge in [-0.05, 0) is 34.7 Å². The molecule has 2 rings (SSSR count). The van der Waals surface area contributed by atoms with E-state index in [-0.39, 0.29) is 0 Å². The molecule has 0 unspecified atom stereocenters. The molecule has 1 aromatic heterocycles. The number of carbonyl (C=O) groups is 1. The van der Waals surface area contributed by atoms with Crippen LogP contribution in [0.4, 0.5) is 0 Å². The lowest BCUT2D eigenvalue weighted by molar-refractivity contribution is 0.112. The van der Waals surface area contributed by atoms with Crippen molar-refractivity contribution in [3.05, 3.63) is 27.3 Å². The average molecular weight is 318 g/mol. The fourth-order valence-electron chi connectivity index (χ4n) is 1.26. The Bertz CT molecular complexity index is 490. The summed E-state index contributed by atoms with van der Waals surface area (Å²) in [6.45, 7) is 0. The van der Waals surface area contributed by atoms with Crippen molar-refractivity contribution in [3.8, 4) is 5.06 Å². The smallest absolute Gasteiger partial charge is 0.174 e. The van der Waals surface area contributed by atoms with E-state index in [2.05, 4.69) is 22.6 Å². The van der Waals surface area contributed by atoms with Gasteiger partial charge < -0.3 is 4.74 Å². The molecule has 0 aliphatic carbocycles. The van der Waals surface area contributed by atoms with Gasteiger partial charge in [-0.1, -0.05) is 11.3 Å². The van der Waals surface area contributed by atoms with Gasteiger partial charge in [0.1, 0.15) is 6.29 Å². The lowest BCUT2D eigenvalue weighted by Crippen LogP contribution is -1.80. The number of halogens is 1. The molecular weight excluding hydrogens is 311 g/mol. The maximum absolute atomic E-state index is 10.6. The van der Waals surface area contributed by atoms with E-state index in [1.165, 1.54) is 0 Å². The second-order valence-electron chi connectivity index (χ2n) is 2.80. The number of methoxy groups -OCH3 is 1. The Hall–Kier alpha value is -0.620. The Morgan fingerprint density at radius 1 is 1.43 bits per heavy atom. The summed E-state index contributed by atoms with van der Waals surface area (Å²) < 4.78 is 7.33. The second-order valence-corrected chi connectivity index (χ2v) is 5.01. The monoisotopic (exact) mass is 318 g/mol. The van der Waals surface area contributed by atoms with Gasteiger partial charge in [-0.15, -0.1) is 0 Å². The minimum absolute atomic E-state index is 0.714. The van der Waals surface area contributed by atoms with Crippen molar-refractivity contribution in [2.75, 3.05) is 7.11 Å². The highest BCUT2D eigenvalue weighted by Gasteiger charge is 2.06. The third-order valence-corrected chi connectivity index (χ3v) is 3.86. The first-order valence-corrected chi connectivity index (χ1v) is 5.86. The van der Waals surface area contributed by atoms with Crippen molar-refractivity contribution in [2.45, 2.75) is 0 Å². The molecule has 0 spiro atoms. The van der Waals surface area contributed by atoms with Crippen LogP contribution in [-0.4, -0.2) is 13.4 Å². The largest absolute Gasteiger partial charge is 0.487 e. The lowest BCUT2D eigenvalue weighted by Gasteiger charge is -1.94. The van der Waals surface area contributed by atoms with Crippen LogP contribution >= 0.6 is 33.9 Å². The normalized spacial score (nSPS) is 10.4. The zero-order chi connectivity index (χ0) is 10.1. The molecular formula is C10H7IO2S. The molecule has 0 atom stereocenters. The number of ether oxygens (including phenoxy) is 1. The summed E-state index contributed by atoms with van der Waals surface area (Å²) in [5.74, 6) is 0. The standard InChI is InChI=1S/C10H7IO2S/c1-13-10-4-7-8(11)2-6(5-12)3-9(7)14-10/h2-5H,1H3. The van der Waals surface area contributed by atoms with Crippen LogP contribution in [0.3, 0.4) is 0 Å². The Morgan fingerprint density at radius 3 is 2.86 bits per heavy atom. The summed E-state index contributed by atoms with van der Waals surface area (Å²) in [6, 6.07) is 5.76. The predicted molar refractivity (Wildman–Crippen MR) is 66.5 cm³/mol. The number of hydrogen-bond donors (Lipinski definition) is 0. The number of aldehydes is 1. The fourth-order valence-corrected chi connectivity index (χ4v) is 3.20. The van der Waals surface area contributed by atoms with E-state index >= 15 is 0 Å². The molecule has 1 aromatic carbocycles. The van der Waals surface area contributed by atoms with Gasteiger partial charge >= 0.3 is 0 Å². The van der Waals surface area contributed by atoms with Crippen LogP contribution < -0.4 is 4.74 Å². The molecule has 72 valence electrons. The summed E-state index contributed by atoms with van der Waals surface area (Å²) in [7, 11) is 1.65. The second kappa shape index (κ2) is 3.86. The third-order valence-electron chi connectivity index (χ3n) is 1.92. The maximum Gasteiger partial charge on any atom is 0.174 e. The van der Waals surface area contributed by atoms with E-state index in [4.69, 9.17) is 4.74 Å². The molecule has 0 fully saturated rings. The molecule has 2 nitrogen and oxygen atoms in total. The number of thiophene rings is 1. The van der Waals surface area contributed by atoms with E-state index in [0.29, 0.717) is 5.56 Å². The van der Waals surface area contributed by atoms with E-state index in [1.807, 2.05) is 18.2 Å². The van der Waals surface area contributed by atoms with Crippen molar-refractivity contribution in [3.63, 3.8) is 0 Å². The molecule has 4 heteroatoms. The van der Waals surface area contributed by atoms with E-state index in [9.17, 15) is 4.79 Å². The Labute approximate surface area is 99.0 Å².